The summed E-state index contributed by atoms with van der Waals surface area (Å²) in [5.41, 5.74) is 1.32. The van der Waals surface area contributed by atoms with Gasteiger partial charge in [0.15, 0.2) is 0 Å². The predicted octanol–water partition coefficient (Wildman–Crippen LogP) is 5.54. The van der Waals surface area contributed by atoms with E-state index in [1.165, 1.54) is 18.2 Å². The molecular weight excluding hydrogens is 414 g/mol. The Morgan fingerprint density at radius 2 is 1.69 bits per heavy atom. The van der Waals surface area contributed by atoms with Crippen LogP contribution in [0.1, 0.15) is 16.1 Å². The summed E-state index contributed by atoms with van der Waals surface area (Å²) in [6.45, 7) is 0. The molecule has 1 aromatic heterocycles. The zero-order chi connectivity index (χ0) is 20.5. The SMILES string of the molecule is O=C(O)c1ccc(-c2ccc(/C=C3\SC(=O)N(c4ccc(Cl)cc4)C3=O)o2)cc1. The van der Waals surface area contributed by atoms with Crippen molar-refractivity contribution in [1.29, 1.82) is 0 Å². The topological polar surface area (TPSA) is 87.8 Å². The highest BCUT2D eigenvalue weighted by molar-refractivity contribution is 8.19. The Kier molecular flexibility index (Phi) is 5.00. The van der Waals surface area contributed by atoms with Gasteiger partial charge in [0.25, 0.3) is 11.1 Å². The molecule has 4 rings (SSSR count). The lowest BCUT2D eigenvalue weighted by molar-refractivity contribution is -0.113. The van der Waals surface area contributed by atoms with Crippen LogP contribution in [0, 0.1) is 0 Å². The van der Waals surface area contributed by atoms with Crippen molar-refractivity contribution in [2.24, 2.45) is 0 Å². The normalized spacial score (nSPS) is 15.3. The number of carbonyl (C=O) groups is 3. The van der Waals surface area contributed by atoms with Crippen LogP contribution >= 0.6 is 23.4 Å². The van der Waals surface area contributed by atoms with Gasteiger partial charge in [0.2, 0.25) is 0 Å². The van der Waals surface area contributed by atoms with Gasteiger partial charge in [-0.2, -0.15) is 0 Å². The van der Waals surface area contributed by atoms with Gasteiger partial charge >= 0.3 is 5.97 Å². The maximum absolute atomic E-state index is 12.7. The molecule has 0 radical (unpaired) electrons. The number of benzene rings is 2. The van der Waals surface area contributed by atoms with Crippen LogP contribution < -0.4 is 4.90 Å². The molecule has 1 fully saturated rings. The Bertz CT molecular complexity index is 1150. The van der Waals surface area contributed by atoms with Gasteiger partial charge in [0.05, 0.1) is 16.2 Å². The fraction of sp³-hybridized carbons (Fsp3) is 0. The lowest BCUT2D eigenvalue weighted by atomic mass is 10.1. The highest BCUT2D eigenvalue weighted by Gasteiger charge is 2.36. The van der Waals surface area contributed by atoms with Crippen LogP contribution in [0.2, 0.25) is 5.02 Å². The molecule has 3 aromatic rings. The van der Waals surface area contributed by atoms with Crippen LogP contribution in [0.3, 0.4) is 0 Å². The van der Waals surface area contributed by atoms with Crippen LogP contribution in [0.5, 0.6) is 0 Å². The van der Waals surface area contributed by atoms with Crippen molar-refractivity contribution in [3.05, 3.63) is 81.9 Å². The molecule has 1 aliphatic heterocycles. The van der Waals surface area contributed by atoms with Crippen molar-refractivity contribution < 1.29 is 23.9 Å². The number of carboxylic acids is 1. The standard InChI is InChI=1S/C21H12ClNO5S/c22-14-5-7-15(8-6-14)23-19(24)18(29-21(23)27)11-16-9-10-17(28-16)12-1-3-13(4-2-12)20(25)26/h1-11H,(H,25,26)/b18-11-. The number of hydrogen-bond acceptors (Lipinski definition) is 5. The molecule has 29 heavy (non-hydrogen) atoms. The summed E-state index contributed by atoms with van der Waals surface area (Å²) in [5.74, 6) is -0.520. The van der Waals surface area contributed by atoms with E-state index >= 15 is 0 Å². The maximum Gasteiger partial charge on any atom is 0.335 e. The fourth-order valence-corrected chi connectivity index (χ4v) is 3.72. The number of thioether (sulfide) groups is 1. The molecule has 0 aliphatic carbocycles. The second-order valence-electron chi connectivity index (χ2n) is 6.08. The van der Waals surface area contributed by atoms with Crippen molar-refractivity contribution in [3.63, 3.8) is 0 Å². The molecule has 1 aliphatic rings. The Morgan fingerprint density at radius 3 is 2.34 bits per heavy atom. The van der Waals surface area contributed by atoms with Crippen LogP contribution in [0.25, 0.3) is 17.4 Å². The molecule has 2 heterocycles. The summed E-state index contributed by atoms with van der Waals surface area (Å²) < 4.78 is 5.74. The smallest absolute Gasteiger partial charge is 0.335 e. The second kappa shape index (κ2) is 7.62. The maximum atomic E-state index is 12.7. The summed E-state index contributed by atoms with van der Waals surface area (Å²) in [7, 11) is 0. The van der Waals surface area contributed by atoms with Crippen LogP contribution in [-0.2, 0) is 4.79 Å². The number of anilines is 1. The van der Waals surface area contributed by atoms with E-state index in [-0.39, 0.29) is 10.5 Å². The first kappa shape index (κ1) is 19.0. The molecule has 144 valence electrons. The minimum Gasteiger partial charge on any atom is -0.478 e. The molecule has 8 heteroatoms. The minimum atomic E-state index is -1.01. The van der Waals surface area contributed by atoms with Gasteiger partial charge in [0, 0.05) is 16.7 Å². The molecule has 0 atom stereocenters. The molecule has 2 aromatic carbocycles. The van der Waals surface area contributed by atoms with E-state index in [0.717, 1.165) is 16.7 Å². The molecule has 0 bridgehead atoms. The minimum absolute atomic E-state index is 0.177. The molecule has 0 spiro atoms. The number of nitrogens with zero attached hydrogens (tertiary/aromatic N) is 1. The van der Waals surface area contributed by atoms with Crippen molar-refractivity contribution in [2.75, 3.05) is 4.90 Å². The van der Waals surface area contributed by atoms with Gasteiger partial charge in [0.1, 0.15) is 11.5 Å². The Labute approximate surface area is 174 Å². The zero-order valence-corrected chi connectivity index (χ0v) is 16.2. The van der Waals surface area contributed by atoms with E-state index in [4.69, 9.17) is 21.1 Å². The van der Waals surface area contributed by atoms with Crippen molar-refractivity contribution in [2.45, 2.75) is 0 Å². The van der Waals surface area contributed by atoms with Crippen molar-refractivity contribution in [3.8, 4) is 11.3 Å². The fourth-order valence-electron chi connectivity index (χ4n) is 2.77. The molecule has 1 saturated heterocycles. The first-order chi connectivity index (χ1) is 13.9. The van der Waals surface area contributed by atoms with Crippen molar-refractivity contribution >= 4 is 52.2 Å². The lowest BCUT2D eigenvalue weighted by Crippen LogP contribution is -2.27. The van der Waals surface area contributed by atoms with Gasteiger partial charge < -0.3 is 9.52 Å². The van der Waals surface area contributed by atoms with Gasteiger partial charge in [-0.1, -0.05) is 23.7 Å². The first-order valence-electron chi connectivity index (χ1n) is 8.39. The number of carbonyl (C=O) groups excluding carboxylic acids is 2. The molecule has 1 N–H and O–H groups in total. The van der Waals surface area contributed by atoms with E-state index in [1.807, 2.05) is 0 Å². The summed E-state index contributed by atoms with van der Waals surface area (Å²) >= 11 is 6.68. The summed E-state index contributed by atoms with van der Waals surface area (Å²) in [5, 5.41) is 9.08. The highest BCUT2D eigenvalue weighted by Crippen LogP contribution is 2.36. The quantitative estimate of drug-likeness (QED) is 0.552. The number of aromatic carboxylic acids is 1. The predicted molar refractivity (Wildman–Crippen MR) is 111 cm³/mol. The third-order valence-corrected chi connectivity index (χ3v) is 5.32. The molecular formula is C21H12ClNO5S. The van der Waals surface area contributed by atoms with Gasteiger partial charge in [-0.05, 0) is 60.3 Å². The van der Waals surface area contributed by atoms with E-state index in [2.05, 4.69) is 0 Å². The summed E-state index contributed by atoms with van der Waals surface area (Å²) in [6, 6.07) is 16.1. The first-order valence-corrected chi connectivity index (χ1v) is 9.59. The van der Waals surface area contributed by atoms with Crippen molar-refractivity contribution in [1.82, 2.24) is 0 Å². The van der Waals surface area contributed by atoms with Gasteiger partial charge in [-0.3, -0.25) is 9.59 Å². The number of carboxylic acid groups (broad SMARTS) is 1. The average molecular weight is 426 g/mol. The molecule has 2 amide bonds. The lowest BCUT2D eigenvalue weighted by Gasteiger charge is -2.11. The molecule has 0 unspecified atom stereocenters. The van der Waals surface area contributed by atoms with E-state index in [0.29, 0.717) is 27.8 Å². The van der Waals surface area contributed by atoms with Crippen LogP contribution in [-0.4, -0.2) is 22.2 Å². The third-order valence-electron chi connectivity index (χ3n) is 4.20. The Morgan fingerprint density at radius 1 is 1.00 bits per heavy atom. The highest BCUT2D eigenvalue weighted by atomic mass is 35.5. The van der Waals surface area contributed by atoms with Crippen LogP contribution in [0.4, 0.5) is 10.5 Å². The summed E-state index contributed by atoms with van der Waals surface area (Å²) in [6.07, 6.45) is 1.51. The Balaban J connectivity index is 1.57. The third kappa shape index (κ3) is 3.83. The average Bonchev–Trinajstić information content (AvgIpc) is 3.28. The van der Waals surface area contributed by atoms with Gasteiger partial charge in [-0.15, -0.1) is 0 Å². The second-order valence-corrected chi connectivity index (χ2v) is 7.51. The number of furan rings is 1. The number of imide groups is 1. The monoisotopic (exact) mass is 425 g/mol. The van der Waals surface area contributed by atoms with E-state index in [9.17, 15) is 14.4 Å². The number of hydrogen-bond donors (Lipinski definition) is 1. The summed E-state index contributed by atoms with van der Waals surface area (Å²) in [4.78, 5) is 37.2. The van der Waals surface area contributed by atoms with E-state index in [1.54, 1.807) is 48.5 Å². The largest absolute Gasteiger partial charge is 0.478 e. The number of halogens is 1. The number of amides is 2. The van der Waals surface area contributed by atoms with Gasteiger partial charge in [-0.25, -0.2) is 9.69 Å². The zero-order valence-electron chi connectivity index (χ0n) is 14.7. The van der Waals surface area contributed by atoms with Crippen LogP contribution in [0.15, 0.2) is 70.0 Å². The molecule has 6 nitrogen and oxygen atoms in total. The Hall–Kier alpha value is -3.29. The van der Waals surface area contributed by atoms with E-state index < -0.39 is 17.1 Å². The number of rotatable bonds is 4. The molecule has 0 saturated carbocycles.